The predicted octanol–water partition coefficient (Wildman–Crippen LogP) is 5.26. The van der Waals surface area contributed by atoms with Crippen LogP contribution in [0.5, 0.6) is 0 Å². The maximum Gasteiger partial charge on any atom is 0.105 e. The van der Waals surface area contributed by atoms with Crippen molar-refractivity contribution in [1.82, 2.24) is 0 Å². The van der Waals surface area contributed by atoms with E-state index in [0.29, 0.717) is 0 Å². The summed E-state index contributed by atoms with van der Waals surface area (Å²) in [4.78, 5) is 0. The van der Waals surface area contributed by atoms with Crippen LogP contribution in [0.25, 0.3) is 10.8 Å². The molecular weight excluding hydrogens is 256 g/mol. The molecule has 1 aromatic heterocycles. The molecule has 1 nitrogen and oxygen atoms in total. The van der Waals surface area contributed by atoms with Crippen molar-refractivity contribution >= 4 is 22.4 Å². The number of hydrogen-bond acceptors (Lipinski definition) is 1. The molecule has 2 heteroatoms. The van der Waals surface area contributed by atoms with Gasteiger partial charge in [0, 0.05) is 5.56 Å². The number of hydrogen-bond donors (Lipinski definition) is 0. The largest absolute Gasteiger partial charge is 0.469 e. The Kier molecular flexibility index (Phi) is 3.31. The Hall–Kier alpha value is -1.73. The van der Waals surface area contributed by atoms with Crippen molar-refractivity contribution < 1.29 is 4.42 Å². The molecule has 1 unspecified atom stereocenters. The number of benzene rings is 2. The Balaban J connectivity index is 1.96. The number of rotatable bonds is 3. The standard InChI is InChI=1S/C17H15ClO/c1-12-15(9-10-19-12)17(18)11-14-7-4-6-13-5-2-3-8-16(13)14/h2-10,17H,11H2,1H3. The molecule has 0 aliphatic rings. The van der Waals surface area contributed by atoms with E-state index in [9.17, 15) is 0 Å². The van der Waals surface area contributed by atoms with Gasteiger partial charge in [-0.25, -0.2) is 0 Å². The van der Waals surface area contributed by atoms with Crippen molar-refractivity contribution in [3.63, 3.8) is 0 Å². The molecule has 0 spiro atoms. The second-order valence-electron chi connectivity index (χ2n) is 4.74. The summed E-state index contributed by atoms with van der Waals surface area (Å²) in [6.45, 7) is 1.95. The normalized spacial score (nSPS) is 12.7. The fourth-order valence-corrected chi connectivity index (χ4v) is 2.89. The van der Waals surface area contributed by atoms with Crippen LogP contribution in [0.1, 0.15) is 22.3 Å². The highest BCUT2D eigenvalue weighted by atomic mass is 35.5. The Labute approximate surface area is 117 Å². The van der Waals surface area contributed by atoms with Gasteiger partial charge in [0.15, 0.2) is 0 Å². The van der Waals surface area contributed by atoms with E-state index in [1.165, 1.54) is 16.3 Å². The molecule has 1 heterocycles. The van der Waals surface area contributed by atoms with Crippen LogP contribution in [0.3, 0.4) is 0 Å². The number of aryl methyl sites for hydroxylation is 1. The summed E-state index contributed by atoms with van der Waals surface area (Å²) in [6.07, 6.45) is 2.51. The molecule has 19 heavy (non-hydrogen) atoms. The molecule has 0 amide bonds. The minimum absolute atomic E-state index is 0.0513. The van der Waals surface area contributed by atoms with Crippen molar-refractivity contribution in [1.29, 1.82) is 0 Å². The molecule has 0 saturated heterocycles. The lowest BCUT2D eigenvalue weighted by atomic mass is 9.98. The Bertz CT molecular complexity index is 694. The van der Waals surface area contributed by atoms with Crippen LogP contribution < -0.4 is 0 Å². The average Bonchev–Trinajstić information content (AvgIpc) is 2.85. The van der Waals surface area contributed by atoms with E-state index in [2.05, 4.69) is 42.5 Å². The van der Waals surface area contributed by atoms with Crippen molar-refractivity contribution in [3.8, 4) is 0 Å². The molecule has 2 aromatic carbocycles. The summed E-state index contributed by atoms with van der Waals surface area (Å²) in [7, 11) is 0. The minimum atomic E-state index is -0.0513. The van der Waals surface area contributed by atoms with Gasteiger partial charge in [0.25, 0.3) is 0 Å². The third-order valence-electron chi connectivity index (χ3n) is 3.52. The van der Waals surface area contributed by atoms with Gasteiger partial charge in [-0.15, -0.1) is 11.6 Å². The Morgan fingerprint density at radius 3 is 2.63 bits per heavy atom. The van der Waals surface area contributed by atoms with Gasteiger partial charge in [-0.1, -0.05) is 42.5 Å². The number of furan rings is 1. The second-order valence-corrected chi connectivity index (χ2v) is 5.27. The third-order valence-corrected chi connectivity index (χ3v) is 3.90. The lowest BCUT2D eigenvalue weighted by Gasteiger charge is -2.11. The fourth-order valence-electron chi connectivity index (χ4n) is 2.49. The van der Waals surface area contributed by atoms with Crippen LogP contribution in [0.4, 0.5) is 0 Å². The highest BCUT2D eigenvalue weighted by Crippen LogP contribution is 2.30. The van der Waals surface area contributed by atoms with E-state index in [1.54, 1.807) is 6.26 Å². The van der Waals surface area contributed by atoms with Gasteiger partial charge in [-0.3, -0.25) is 0 Å². The molecule has 0 saturated carbocycles. The van der Waals surface area contributed by atoms with Gasteiger partial charge >= 0.3 is 0 Å². The topological polar surface area (TPSA) is 13.1 Å². The summed E-state index contributed by atoms with van der Waals surface area (Å²) in [5.74, 6) is 0.903. The summed E-state index contributed by atoms with van der Waals surface area (Å²) in [5, 5.41) is 2.48. The molecule has 0 aliphatic heterocycles. The molecule has 1 atom stereocenters. The summed E-state index contributed by atoms with van der Waals surface area (Å²) in [5.41, 5.74) is 2.35. The molecule has 0 radical (unpaired) electrons. The molecular formula is C17H15ClO. The SMILES string of the molecule is Cc1occc1C(Cl)Cc1cccc2ccccc12. The van der Waals surface area contributed by atoms with Crippen LogP contribution >= 0.6 is 11.6 Å². The van der Waals surface area contributed by atoms with Crippen molar-refractivity contribution in [2.24, 2.45) is 0 Å². The number of fused-ring (bicyclic) bond motifs is 1. The first-order valence-electron chi connectivity index (χ1n) is 6.40. The van der Waals surface area contributed by atoms with Gasteiger partial charge in [0.1, 0.15) is 5.76 Å². The van der Waals surface area contributed by atoms with Crippen molar-refractivity contribution in [2.45, 2.75) is 18.7 Å². The molecule has 3 aromatic rings. The monoisotopic (exact) mass is 270 g/mol. The van der Waals surface area contributed by atoms with Crippen LogP contribution in [0, 0.1) is 6.92 Å². The van der Waals surface area contributed by atoms with Crippen LogP contribution in [-0.2, 0) is 6.42 Å². The third kappa shape index (κ3) is 2.39. The van der Waals surface area contributed by atoms with E-state index >= 15 is 0 Å². The van der Waals surface area contributed by atoms with E-state index < -0.39 is 0 Å². The number of alkyl halides is 1. The van der Waals surface area contributed by atoms with Gasteiger partial charge in [0.2, 0.25) is 0 Å². The fraction of sp³-hybridized carbons (Fsp3) is 0.176. The van der Waals surface area contributed by atoms with Crippen molar-refractivity contribution in [2.75, 3.05) is 0 Å². The molecule has 0 fully saturated rings. The second kappa shape index (κ2) is 5.10. The first-order chi connectivity index (χ1) is 9.25. The summed E-state index contributed by atoms with van der Waals surface area (Å²) >= 11 is 6.53. The van der Waals surface area contributed by atoms with Crippen LogP contribution in [0.15, 0.2) is 59.2 Å². The van der Waals surface area contributed by atoms with Gasteiger partial charge in [-0.2, -0.15) is 0 Å². The maximum atomic E-state index is 6.53. The molecule has 0 bridgehead atoms. The smallest absolute Gasteiger partial charge is 0.105 e. The van der Waals surface area contributed by atoms with Gasteiger partial charge in [0.05, 0.1) is 11.6 Å². The zero-order chi connectivity index (χ0) is 13.2. The minimum Gasteiger partial charge on any atom is -0.469 e. The highest BCUT2D eigenvalue weighted by molar-refractivity contribution is 6.21. The zero-order valence-electron chi connectivity index (χ0n) is 10.8. The van der Waals surface area contributed by atoms with Gasteiger partial charge in [-0.05, 0) is 35.7 Å². The van der Waals surface area contributed by atoms with Crippen LogP contribution in [-0.4, -0.2) is 0 Å². The van der Waals surface area contributed by atoms with Crippen molar-refractivity contribution in [3.05, 3.63) is 71.7 Å². The van der Waals surface area contributed by atoms with E-state index in [1.807, 2.05) is 13.0 Å². The van der Waals surface area contributed by atoms with Gasteiger partial charge < -0.3 is 4.42 Å². The Morgan fingerprint density at radius 1 is 1.05 bits per heavy atom. The van der Waals surface area contributed by atoms with E-state index in [4.69, 9.17) is 16.0 Å². The predicted molar refractivity (Wildman–Crippen MR) is 79.7 cm³/mol. The lowest BCUT2D eigenvalue weighted by Crippen LogP contribution is -1.97. The highest BCUT2D eigenvalue weighted by Gasteiger charge is 2.14. The molecule has 0 N–H and O–H groups in total. The van der Waals surface area contributed by atoms with E-state index in [-0.39, 0.29) is 5.38 Å². The first kappa shape index (κ1) is 12.3. The van der Waals surface area contributed by atoms with Crippen LogP contribution in [0.2, 0.25) is 0 Å². The zero-order valence-corrected chi connectivity index (χ0v) is 11.5. The summed E-state index contributed by atoms with van der Waals surface area (Å²) in [6, 6.07) is 16.7. The number of halogens is 1. The summed E-state index contributed by atoms with van der Waals surface area (Å²) < 4.78 is 5.33. The maximum absolute atomic E-state index is 6.53. The Morgan fingerprint density at radius 2 is 1.84 bits per heavy atom. The quantitative estimate of drug-likeness (QED) is 0.592. The van der Waals surface area contributed by atoms with E-state index in [0.717, 1.165) is 17.7 Å². The molecule has 96 valence electrons. The molecule has 0 aliphatic carbocycles. The first-order valence-corrected chi connectivity index (χ1v) is 6.84. The average molecular weight is 271 g/mol. The molecule has 3 rings (SSSR count). The lowest BCUT2D eigenvalue weighted by molar-refractivity contribution is 0.529.